The highest BCUT2D eigenvalue weighted by Crippen LogP contribution is 2.45. The highest BCUT2D eigenvalue weighted by atomic mass is 35.5. The highest BCUT2D eigenvalue weighted by Gasteiger charge is 2.37. The number of carbonyl (C=O) groups excluding carboxylic acids is 2. The number of thioether (sulfide) groups is 1. The largest absolute Gasteiger partial charge is 0.294 e. The van der Waals surface area contributed by atoms with Crippen LogP contribution in [0.5, 0.6) is 0 Å². The summed E-state index contributed by atoms with van der Waals surface area (Å²) in [7, 11) is 0. The van der Waals surface area contributed by atoms with Crippen molar-refractivity contribution in [3.05, 3.63) is 27.8 Å². The Kier molecular flexibility index (Phi) is 3.32. The molecular formula is C14H15ClO2S. The maximum atomic E-state index is 12.5. The first kappa shape index (κ1) is 13.6. The van der Waals surface area contributed by atoms with Gasteiger partial charge in [-0.2, -0.15) is 0 Å². The Balaban J connectivity index is 2.75. The van der Waals surface area contributed by atoms with Crippen molar-refractivity contribution in [1.29, 1.82) is 0 Å². The molecule has 0 aromatic heterocycles. The first-order chi connectivity index (χ1) is 8.25. The predicted molar refractivity (Wildman–Crippen MR) is 75.0 cm³/mol. The third kappa shape index (κ3) is 1.99. The van der Waals surface area contributed by atoms with Crippen molar-refractivity contribution < 1.29 is 9.59 Å². The van der Waals surface area contributed by atoms with Gasteiger partial charge in [0, 0.05) is 27.2 Å². The molecule has 0 spiro atoms. The van der Waals surface area contributed by atoms with Gasteiger partial charge in [-0.15, -0.1) is 11.8 Å². The Bertz CT molecular complexity index is 561. The second-order valence-corrected chi connectivity index (χ2v) is 6.69. The van der Waals surface area contributed by atoms with Crippen LogP contribution in [0.3, 0.4) is 0 Å². The monoisotopic (exact) mass is 282 g/mol. The van der Waals surface area contributed by atoms with E-state index in [1.807, 2.05) is 20.8 Å². The van der Waals surface area contributed by atoms with Crippen molar-refractivity contribution >= 4 is 34.9 Å². The van der Waals surface area contributed by atoms with Gasteiger partial charge in [0.1, 0.15) is 0 Å². The molecular weight excluding hydrogens is 268 g/mol. The highest BCUT2D eigenvalue weighted by molar-refractivity contribution is 7.99. The Hall–Kier alpha value is -0.800. The molecule has 1 heterocycles. The third-order valence-electron chi connectivity index (χ3n) is 3.29. The fourth-order valence-electron chi connectivity index (χ4n) is 2.16. The van der Waals surface area contributed by atoms with Crippen LogP contribution < -0.4 is 0 Å². The number of hydrogen-bond acceptors (Lipinski definition) is 3. The molecule has 0 bridgehead atoms. The average Bonchev–Trinajstić information content (AvgIpc) is 2.27. The number of hydrogen-bond donors (Lipinski definition) is 0. The van der Waals surface area contributed by atoms with Crippen LogP contribution in [0.4, 0.5) is 0 Å². The van der Waals surface area contributed by atoms with Gasteiger partial charge in [-0.05, 0) is 25.5 Å². The van der Waals surface area contributed by atoms with Gasteiger partial charge in [-0.3, -0.25) is 9.59 Å². The number of carbonyl (C=O) groups is 2. The van der Waals surface area contributed by atoms with Crippen LogP contribution in [0.2, 0.25) is 5.02 Å². The first-order valence-electron chi connectivity index (χ1n) is 5.77. The van der Waals surface area contributed by atoms with Crippen LogP contribution in [0.1, 0.15) is 47.1 Å². The summed E-state index contributed by atoms with van der Waals surface area (Å²) >= 11 is 7.79. The zero-order valence-electron chi connectivity index (χ0n) is 10.9. The van der Waals surface area contributed by atoms with Gasteiger partial charge in [0.15, 0.2) is 11.6 Å². The minimum Gasteiger partial charge on any atom is -0.294 e. The Morgan fingerprint density at radius 1 is 1.44 bits per heavy atom. The van der Waals surface area contributed by atoms with E-state index in [0.717, 1.165) is 16.2 Å². The molecule has 2 rings (SSSR count). The maximum Gasteiger partial charge on any atom is 0.170 e. The summed E-state index contributed by atoms with van der Waals surface area (Å²) in [6.07, 6.45) is 0. The fourth-order valence-corrected chi connectivity index (χ4v) is 3.75. The van der Waals surface area contributed by atoms with E-state index in [1.54, 1.807) is 17.8 Å². The van der Waals surface area contributed by atoms with E-state index >= 15 is 0 Å². The molecule has 0 unspecified atom stereocenters. The van der Waals surface area contributed by atoms with Crippen LogP contribution in [0.25, 0.3) is 0 Å². The molecule has 0 aliphatic carbocycles. The lowest BCUT2D eigenvalue weighted by Crippen LogP contribution is -2.32. The molecule has 1 aliphatic rings. The lowest BCUT2D eigenvalue weighted by molar-refractivity contribution is 0.0855. The van der Waals surface area contributed by atoms with Crippen molar-refractivity contribution in [3.8, 4) is 0 Å². The molecule has 0 saturated heterocycles. The quantitative estimate of drug-likeness (QED) is 0.725. The molecule has 0 saturated carbocycles. The molecule has 2 nitrogen and oxygen atoms in total. The smallest absolute Gasteiger partial charge is 0.170 e. The topological polar surface area (TPSA) is 34.1 Å². The van der Waals surface area contributed by atoms with Gasteiger partial charge in [0.25, 0.3) is 0 Å². The Labute approximate surface area is 116 Å². The summed E-state index contributed by atoms with van der Waals surface area (Å²) in [5.41, 5.74) is 1.53. The van der Waals surface area contributed by atoms with E-state index in [-0.39, 0.29) is 11.6 Å². The molecule has 4 heteroatoms. The molecule has 0 atom stereocenters. The lowest BCUT2D eigenvalue weighted by atomic mass is 9.83. The van der Waals surface area contributed by atoms with Gasteiger partial charge in [-0.25, -0.2) is 0 Å². The summed E-state index contributed by atoms with van der Waals surface area (Å²) in [6.45, 7) is 7.18. The van der Waals surface area contributed by atoms with Gasteiger partial charge in [0.05, 0.1) is 5.02 Å². The molecule has 1 aromatic rings. The van der Waals surface area contributed by atoms with E-state index in [1.165, 1.54) is 6.92 Å². The van der Waals surface area contributed by atoms with Crippen molar-refractivity contribution in [3.63, 3.8) is 0 Å². The van der Waals surface area contributed by atoms with Crippen LogP contribution in [0, 0.1) is 12.3 Å². The van der Waals surface area contributed by atoms with E-state index < -0.39 is 5.41 Å². The van der Waals surface area contributed by atoms with Crippen LogP contribution in [0.15, 0.2) is 11.0 Å². The zero-order chi connectivity index (χ0) is 13.7. The summed E-state index contributed by atoms with van der Waals surface area (Å²) in [5, 5.41) is 0.509. The van der Waals surface area contributed by atoms with Gasteiger partial charge in [-0.1, -0.05) is 25.4 Å². The standard InChI is InChI=1S/C14H15ClO2S/c1-7-9(8(2)16)5-10(15)12-11(7)13(17)14(3,4)6-18-12/h5H,6H2,1-4H3. The minimum absolute atomic E-state index is 0.0571. The van der Waals surface area contributed by atoms with Gasteiger partial charge in [0.2, 0.25) is 0 Å². The molecule has 1 aliphatic heterocycles. The Morgan fingerprint density at radius 3 is 2.61 bits per heavy atom. The molecule has 0 fully saturated rings. The van der Waals surface area contributed by atoms with Crippen molar-refractivity contribution in [1.82, 2.24) is 0 Å². The molecule has 0 radical (unpaired) electrons. The van der Waals surface area contributed by atoms with E-state index in [4.69, 9.17) is 11.6 Å². The van der Waals surface area contributed by atoms with Crippen molar-refractivity contribution in [2.75, 3.05) is 5.75 Å². The molecule has 0 N–H and O–H groups in total. The van der Waals surface area contributed by atoms with Crippen LogP contribution >= 0.6 is 23.4 Å². The first-order valence-corrected chi connectivity index (χ1v) is 7.13. The second-order valence-electron chi connectivity index (χ2n) is 5.29. The van der Waals surface area contributed by atoms with Gasteiger partial charge < -0.3 is 0 Å². The number of benzene rings is 1. The fraction of sp³-hybridized carbons (Fsp3) is 0.429. The van der Waals surface area contributed by atoms with Crippen molar-refractivity contribution in [2.45, 2.75) is 32.6 Å². The average molecular weight is 283 g/mol. The maximum absolute atomic E-state index is 12.5. The molecule has 1 aromatic carbocycles. The summed E-state index contributed by atoms with van der Waals surface area (Å²) in [6, 6.07) is 1.68. The number of fused-ring (bicyclic) bond motifs is 1. The van der Waals surface area contributed by atoms with Crippen LogP contribution in [-0.4, -0.2) is 17.3 Å². The summed E-state index contributed by atoms with van der Waals surface area (Å²) < 4.78 is 0. The number of ketones is 2. The minimum atomic E-state index is -0.402. The van der Waals surface area contributed by atoms with E-state index in [0.29, 0.717) is 16.1 Å². The molecule has 0 amide bonds. The van der Waals surface area contributed by atoms with Crippen LogP contribution in [-0.2, 0) is 0 Å². The normalized spacial score (nSPS) is 17.5. The van der Waals surface area contributed by atoms with Gasteiger partial charge >= 0.3 is 0 Å². The lowest BCUT2D eigenvalue weighted by Gasteiger charge is -2.31. The second kappa shape index (κ2) is 4.39. The Morgan fingerprint density at radius 2 is 2.06 bits per heavy atom. The third-order valence-corrected chi connectivity index (χ3v) is 5.28. The number of rotatable bonds is 1. The van der Waals surface area contributed by atoms with E-state index in [2.05, 4.69) is 0 Å². The summed E-state index contributed by atoms with van der Waals surface area (Å²) in [5.74, 6) is 0.745. The van der Waals surface area contributed by atoms with E-state index in [9.17, 15) is 9.59 Å². The number of Topliss-reactive ketones (excluding diaryl/α,β-unsaturated/α-hetero) is 2. The SMILES string of the molecule is CC(=O)c1cc(Cl)c2c(c1C)C(=O)C(C)(C)CS2. The molecule has 18 heavy (non-hydrogen) atoms. The summed E-state index contributed by atoms with van der Waals surface area (Å²) in [4.78, 5) is 24.9. The van der Waals surface area contributed by atoms with Crippen molar-refractivity contribution in [2.24, 2.45) is 5.41 Å². The predicted octanol–water partition coefficient (Wildman–Crippen LogP) is 4.17. The molecule has 96 valence electrons. The zero-order valence-corrected chi connectivity index (χ0v) is 12.5. The number of halogens is 1.